The highest BCUT2D eigenvalue weighted by atomic mass is 19.2. The van der Waals surface area contributed by atoms with E-state index >= 15 is 0 Å². The van der Waals surface area contributed by atoms with Crippen LogP contribution in [0.15, 0.2) is 18.2 Å². The summed E-state index contributed by atoms with van der Waals surface area (Å²) in [4.78, 5) is 11.7. The van der Waals surface area contributed by atoms with Crippen LogP contribution in [0.2, 0.25) is 0 Å². The molecule has 0 heterocycles. The van der Waals surface area contributed by atoms with Crippen molar-refractivity contribution in [2.45, 2.75) is 31.1 Å². The SMILES string of the molecule is O=C(NO)C1(c2cccc(F)c2F)CCCC1. The molecular formula is C12H13F2NO2. The van der Waals surface area contributed by atoms with E-state index in [2.05, 4.69) is 0 Å². The number of nitrogens with one attached hydrogen (secondary N) is 1. The Hall–Kier alpha value is -1.49. The van der Waals surface area contributed by atoms with Crippen LogP contribution in [0.3, 0.4) is 0 Å². The quantitative estimate of drug-likeness (QED) is 0.616. The molecule has 1 aliphatic carbocycles. The molecule has 0 unspecified atom stereocenters. The molecule has 0 radical (unpaired) electrons. The summed E-state index contributed by atoms with van der Waals surface area (Å²) < 4.78 is 27.0. The van der Waals surface area contributed by atoms with E-state index in [-0.39, 0.29) is 5.56 Å². The first-order valence-electron chi connectivity index (χ1n) is 5.51. The maximum atomic E-state index is 13.8. The van der Waals surface area contributed by atoms with Gasteiger partial charge in [-0.3, -0.25) is 10.0 Å². The number of amides is 1. The van der Waals surface area contributed by atoms with Crippen LogP contribution in [-0.2, 0) is 10.2 Å². The van der Waals surface area contributed by atoms with Crippen molar-refractivity contribution in [2.24, 2.45) is 0 Å². The number of halogens is 2. The summed E-state index contributed by atoms with van der Waals surface area (Å²) >= 11 is 0. The third-order valence-electron chi connectivity index (χ3n) is 3.46. The molecule has 1 saturated carbocycles. The summed E-state index contributed by atoms with van der Waals surface area (Å²) in [6, 6.07) is 3.79. The highest BCUT2D eigenvalue weighted by Gasteiger charge is 2.44. The van der Waals surface area contributed by atoms with Crippen LogP contribution in [0.4, 0.5) is 8.78 Å². The van der Waals surface area contributed by atoms with Gasteiger partial charge in [-0.2, -0.15) is 0 Å². The molecule has 2 N–H and O–H groups in total. The van der Waals surface area contributed by atoms with Crippen LogP contribution in [0.1, 0.15) is 31.2 Å². The molecular weight excluding hydrogens is 228 g/mol. The summed E-state index contributed by atoms with van der Waals surface area (Å²) in [7, 11) is 0. The Balaban J connectivity index is 2.53. The number of benzene rings is 1. The predicted molar refractivity (Wildman–Crippen MR) is 56.4 cm³/mol. The Kier molecular flexibility index (Phi) is 3.11. The van der Waals surface area contributed by atoms with Crippen LogP contribution in [0, 0.1) is 11.6 Å². The first kappa shape index (κ1) is 12.0. The molecule has 0 aromatic heterocycles. The van der Waals surface area contributed by atoms with E-state index < -0.39 is 23.0 Å². The minimum absolute atomic E-state index is 0.0292. The molecule has 3 nitrogen and oxygen atoms in total. The zero-order chi connectivity index (χ0) is 12.5. The minimum atomic E-state index is -1.14. The molecule has 1 aromatic carbocycles. The van der Waals surface area contributed by atoms with Crippen molar-refractivity contribution in [3.05, 3.63) is 35.4 Å². The normalized spacial score (nSPS) is 18.1. The smallest absolute Gasteiger partial charge is 0.254 e. The molecule has 0 spiro atoms. The topological polar surface area (TPSA) is 49.3 Å². The van der Waals surface area contributed by atoms with E-state index in [0.717, 1.165) is 18.9 Å². The molecule has 5 heteroatoms. The van der Waals surface area contributed by atoms with Crippen molar-refractivity contribution in [2.75, 3.05) is 0 Å². The molecule has 92 valence electrons. The predicted octanol–water partition coefficient (Wildman–Crippen LogP) is 2.28. The summed E-state index contributed by atoms with van der Waals surface area (Å²) in [6.07, 6.45) is 2.34. The number of hydrogen-bond donors (Lipinski definition) is 2. The molecule has 0 atom stereocenters. The standard InChI is InChI=1S/C12H13F2NO2/c13-9-5-3-4-8(10(9)14)12(11(16)15-17)6-1-2-7-12/h3-5,17H,1-2,6-7H2,(H,15,16). The highest BCUT2D eigenvalue weighted by Crippen LogP contribution is 2.42. The van der Waals surface area contributed by atoms with Crippen molar-refractivity contribution in [3.8, 4) is 0 Å². The molecule has 1 amide bonds. The molecule has 1 fully saturated rings. The number of rotatable bonds is 2. The first-order valence-corrected chi connectivity index (χ1v) is 5.51. The van der Waals surface area contributed by atoms with Gasteiger partial charge in [-0.1, -0.05) is 25.0 Å². The first-order chi connectivity index (χ1) is 8.12. The van der Waals surface area contributed by atoms with Gasteiger partial charge in [-0.05, 0) is 18.9 Å². The number of hydroxylamine groups is 1. The molecule has 2 rings (SSSR count). The number of carbonyl (C=O) groups excluding carboxylic acids is 1. The Labute approximate surface area is 97.4 Å². The largest absolute Gasteiger partial charge is 0.289 e. The Morgan fingerprint density at radius 3 is 2.53 bits per heavy atom. The van der Waals surface area contributed by atoms with Gasteiger partial charge in [0.2, 0.25) is 0 Å². The van der Waals surface area contributed by atoms with Gasteiger partial charge in [0, 0.05) is 5.56 Å². The van der Waals surface area contributed by atoms with Gasteiger partial charge in [0.1, 0.15) is 0 Å². The average Bonchev–Trinajstić information content (AvgIpc) is 2.82. The molecule has 0 saturated heterocycles. The van der Waals surface area contributed by atoms with Crippen LogP contribution in [0.5, 0.6) is 0 Å². The van der Waals surface area contributed by atoms with Crippen LogP contribution < -0.4 is 5.48 Å². The molecule has 1 aromatic rings. The van der Waals surface area contributed by atoms with E-state index in [0.29, 0.717) is 12.8 Å². The fourth-order valence-electron chi connectivity index (χ4n) is 2.58. The van der Waals surface area contributed by atoms with Gasteiger partial charge < -0.3 is 0 Å². The lowest BCUT2D eigenvalue weighted by molar-refractivity contribution is -0.135. The maximum Gasteiger partial charge on any atom is 0.254 e. The van der Waals surface area contributed by atoms with Gasteiger partial charge in [0.15, 0.2) is 11.6 Å². The van der Waals surface area contributed by atoms with Crippen molar-refractivity contribution in [1.82, 2.24) is 5.48 Å². The minimum Gasteiger partial charge on any atom is -0.289 e. The van der Waals surface area contributed by atoms with Crippen molar-refractivity contribution in [3.63, 3.8) is 0 Å². The second-order valence-corrected chi connectivity index (χ2v) is 4.33. The van der Waals surface area contributed by atoms with Gasteiger partial charge in [-0.15, -0.1) is 0 Å². The van der Waals surface area contributed by atoms with Gasteiger partial charge >= 0.3 is 0 Å². The third-order valence-corrected chi connectivity index (χ3v) is 3.46. The zero-order valence-electron chi connectivity index (χ0n) is 9.17. The number of hydrogen-bond acceptors (Lipinski definition) is 2. The van der Waals surface area contributed by atoms with E-state index in [1.807, 2.05) is 0 Å². The lowest BCUT2D eigenvalue weighted by Gasteiger charge is -2.27. The number of carbonyl (C=O) groups is 1. The van der Waals surface area contributed by atoms with Crippen LogP contribution in [-0.4, -0.2) is 11.1 Å². The van der Waals surface area contributed by atoms with E-state index in [1.165, 1.54) is 12.1 Å². The fraction of sp³-hybridized carbons (Fsp3) is 0.417. The van der Waals surface area contributed by atoms with E-state index in [1.54, 1.807) is 5.48 Å². The Morgan fingerprint density at radius 1 is 1.29 bits per heavy atom. The Morgan fingerprint density at radius 2 is 1.94 bits per heavy atom. The lowest BCUT2D eigenvalue weighted by Crippen LogP contribution is -2.42. The van der Waals surface area contributed by atoms with Gasteiger partial charge in [-0.25, -0.2) is 14.3 Å². The summed E-state index contributed by atoms with van der Waals surface area (Å²) in [5, 5.41) is 8.77. The second kappa shape index (κ2) is 4.41. The van der Waals surface area contributed by atoms with Crippen molar-refractivity contribution < 1.29 is 18.8 Å². The second-order valence-electron chi connectivity index (χ2n) is 4.33. The fourth-order valence-corrected chi connectivity index (χ4v) is 2.58. The third kappa shape index (κ3) is 1.80. The van der Waals surface area contributed by atoms with Crippen LogP contribution in [0.25, 0.3) is 0 Å². The van der Waals surface area contributed by atoms with E-state index in [9.17, 15) is 13.6 Å². The average molecular weight is 241 g/mol. The summed E-state index contributed by atoms with van der Waals surface area (Å²) in [5.41, 5.74) is 0.456. The molecule has 0 bridgehead atoms. The zero-order valence-corrected chi connectivity index (χ0v) is 9.17. The highest BCUT2D eigenvalue weighted by molar-refractivity contribution is 5.87. The monoisotopic (exact) mass is 241 g/mol. The lowest BCUT2D eigenvalue weighted by atomic mass is 9.78. The summed E-state index contributed by atoms with van der Waals surface area (Å²) in [6.45, 7) is 0. The van der Waals surface area contributed by atoms with Gasteiger partial charge in [0.25, 0.3) is 5.91 Å². The van der Waals surface area contributed by atoms with Crippen molar-refractivity contribution in [1.29, 1.82) is 0 Å². The molecule has 0 aliphatic heterocycles. The van der Waals surface area contributed by atoms with E-state index in [4.69, 9.17) is 5.21 Å². The Bertz CT molecular complexity index is 442. The summed E-state index contributed by atoms with van der Waals surface area (Å²) in [5.74, 6) is -2.64. The van der Waals surface area contributed by atoms with Crippen molar-refractivity contribution >= 4 is 5.91 Å². The van der Waals surface area contributed by atoms with Crippen LogP contribution >= 0.6 is 0 Å². The molecule has 17 heavy (non-hydrogen) atoms. The maximum absolute atomic E-state index is 13.8. The molecule has 1 aliphatic rings. The van der Waals surface area contributed by atoms with Gasteiger partial charge in [0.05, 0.1) is 5.41 Å².